The average Bonchev–Trinajstić information content (AvgIpc) is 2.50. The molecule has 0 aromatic heterocycles. The van der Waals surface area contributed by atoms with Crippen molar-refractivity contribution in [2.75, 3.05) is 0 Å². The number of nitrogens with one attached hydrogen (secondary N) is 1. The fourth-order valence-corrected chi connectivity index (χ4v) is 2.73. The van der Waals surface area contributed by atoms with E-state index < -0.39 is 22.3 Å². The molecular formula is C24H47NO4. The van der Waals surface area contributed by atoms with Crippen LogP contribution in [0, 0.1) is 10.8 Å². The van der Waals surface area contributed by atoms with Gasteiger partial charge in [-0.3, -0.25) is 9.59 Å². The van der Waals surface area contributed by atoms with Gasteiger partial charge in [0.15, 0.2) is 0 Å². The van der Waals surface area contributed by atoms with Crippen molar-refractivity contribution in [1.29, 1.82) is 0 Å². The Kier molecular flexibility index (Phi) is 10.9. The number of hydrogen-bond acceptors (Lipinski definition) is 5. The molecule has 0 bridgehead atoms. The maximum absolute atomic E-state index is 12.8. The maximum Gasteiger partial charge on any atom is 0.318 e. The van der Waals surface area contributed by atoms with Gasteiger partial charge in [0, 0.05) is 12.0 Å². The lowest BCUT2D eigenvalue weighted by Gasteiger charge is -2.41. The Morgan fingerprint density at radius 1 is 0.655 bits per heavy atom. The van der Waals surface area contributed by atoms with Crippen LogP contribution in [0.15, 0.2) is 0 Å². The Morgan fingerprint density at radius 2 is 1.03 bits per heavy atom. The van der Waals surface area contributed by atoms with Gasteiger partial charge in [0.2, 0.25) is 0 Å². The summed E-state index contributed by atoms with van der Waals surface area (Å²) in [6.07, 6.45) is 8.33. The first-order chi connectivity index (χ1) is 13.0. The summed E-state index contributed by atoms with van der Waals surface area (Å²) in [6, 6.07) is 0. The van der Waals surface area contributed by atoms with Crippen molar-refractivity contribution in [1.82, 2.24) is 5.32 Å². The highest BCUT2D eigenvalue weighted by Gasteiger charge is 2.45. The first-order valence-electron chi connectivity index (χ1n) is 11.3. The maximum atomic E-state index is 12.8. The van der Waals surface area contributed by atoms with E-state index >= 15 is 0 Å². The largest absolute Gasteiger partial charge is 0.408 e. The normalized spacial score (nSPS) is 13.3. The highest BCUT2D eigenvalue weighted by Crippen LogP contribution is 2.30. The molecule has 5 nitrogen and oxygen atoms in total. The molecule has 0 saturated heterocycles. The molecule has 0 spiro atoms. The fraction of sp³-hybridized carbons (Fsp3) is 0.917. The van der Waals surface area contributed by atoms with Crippen LogP contribution in [0.5, 0.6) is 0 Å². The molecule has 0 unspecified atom stereocenters. The molecular weight excluding hydrogens is 366 g/mol. The summed E-state index contributed by atoms with van der Waals surface area (Å²) in [5.74, 6) is -2.24. The van der Waals surface area contributed by atoms with Crippen molar-refractivity contribution in [2.45, 2.75) is 132 Å². The molecule has 0 aliphatic heterocycles. The number of rotatable bonds is 11. The Labute approximate surface area is 179 Å². The van der Waals surface area contributed by atoms with E-state index in [2.05, 4.69) is 12.2 Å². The molecule has 5 heteroatoms. The van der Waals surface area contributed by atoms with Crippen LogP contribution in [0.25, 0.3) is 0 Å². The molecule has 0 aromatic carbocycles. The SMILES string of the molecule is CCCCCCCCCC(NC(C)(C)C)(OC(=O)C(C)(C)C)OC(=O)C(C)(C)C. The van der Waals surface area contributed by atoms with Crippen molar-refractivity contribution in [3.63, 3.8) is 0 Å². The van der Waals surface area contributed by atoms with Gasteiger partial charge >= 0.3 is 17.8 Å². The van der Waals surface area contributed by atoms with Crippen LogP contribution in [0.1, 0.15) is 121 Å². The van der Waals surface area contributed by atoms with Crippen molar-refractivity contribution in [3.05, 3.63) is 0 Å². The summed E-state index contributed by atoms with van der Waals surface area (Å²) in [4.78, 5) is 25.5. The summed E-state index contributed by atoms with van der Waals surface area (Å²) >= 11 is 0. The van der Waals surface area contributed by atoms with E-state index in [9.17, 15) is 9.59 Å². The molecule has 0 aliphatic carbocycles. The summed E-state index contributed by atoms with van der Waals surface area (Å²) < 4.78 is 11.8. The molecule has 1 N–H and O–H groups in total. The van der Waals surface area contributed by atoms with E-state index in [0.717, 1.165) is 19.3 Å². The zero-order valence-electron chi connectivity index (χ0n) is 20.8. The van der Waals surface area contributed by atoms with Crippen LogP contribution in [0.4, 0.5) is 0 Å². The van der Waals surface area contributed by atoms with Crippen molar-refractivity contribution in [2.24, 2.45) is 10.8 Å². The van der Waals surface area contributed by atoms with E-state index in [0.29, 0.717) is 6.42 Å². The summed E-state index contributed by atoms with van der Waals surface area (Å²) in [7, 11) is 0. The van der Waals surface area contributed by atoms with Crippen LogP contribution in [0.2, 0.25) is 0 Å². The molecule has 172 valence electrons. The third-order valence-electron chi connectivity index (χ3n) is 4.41. The van der Waals surface area contributed by atoms with E-state index in [-0.39, 0.29) is 11.9 Å². The number of esters is 2. The van der Waals surface area contributed by atoms with E-state index in [1.54, 1.807) is 41.5 Å². The van der Waals surface area contributed by atoms with Gasteiger partial charge in [0.1, 0.15) is 0 Å². The standard InChI is InChI=1S/C24H47NO4/c1-11-12-13-14-15-16-17-18-24(25-23(8,9)10,28-19(26)21(2,3)4)29-20(27)22(5,6)7/h25H,11-18H2,1-10H3. The zero-order chi connectivity index (χ0) is 22.9. The lowest BCUT2D eigenvalue weighted by atomic mass is 9.96. The molecule has 0 aromatic rings. The van der Waals surface area contributed by atoms with Gasteiger partial charge in [-0.15, -0.1) is 0 Å². The molecule has 0 amide bonds. The second-order valence-electron chi connectivity index (χ2n) is 11.3. The summed E-state index contributed by atoms with van der Waals surface area (Å²) in [5, 5.41) is 3.30. The predicted octanol–water partition coefficient (Wildman–Crippen LogP) is 6.35. The van der Waals surface area contributed by atoms with Crippen molar-refractivity contribution >= 4 is 11.9 Å². The number of carbonyl (C=O) groups is 2. The third-order valence-corrected chi connectivity index (χ3v) is 4.41. The molecule has 0 heterocycles. The average molecular weight is 414 g/mol. The third kappa shape index (κ3) is 12.2. The lowest BCUT2D eigenvalue weighted by Crippen LogP contribution is -2.60. The monoisotopic (exact) mass is 413 g/mol. The van der Waals surface area contributed by atoms with Gasteiger partial charge in [-0.2, -0.15) is 0 Å². The topological polar surface area (TPSA) is 64.6 Å². The van der Waals surface area contributed by atoms with Gasteiger partial charge in [-0.25, -0.2) is 5.32 Å². The van der Waals surface area contributed by atoms with Gasteiger partial charge in [-0.05, 0) is 68.7 Å². The van der Waals surface area contributed by atoms with Crippen LogP contribution in [0.3, 0.4) is 0 Å². The Morgan fingerprint density at radius 3 is 1.38 bits per heavy atom. The van der Waals surface area contributed by atoms with Crippen molar-refractivity contribution in [3.8, 4) is 0 Å². The lowest BCUT2D eigenvalue weighted by molar-refractivity contribution is -0.259. The Balaban J connectivity index is 5.48. The van der Waals surface area contributed by atoms with Gasteiger partial charge in [0.05, 0.1) is 10.8 Å². The van der Waals surface area contributed by atoms with E-state index in [1.165, 1.54) is 25.7 Å². The molecule has 0 rings (SSSR count). The van der Waals surface area contributed by atoms with Crippen LogP contribution < -0.4 is 5.32 Å². The fourth-order valence-electron chi connectivity index (χ4n) is 2.73. The van der Waals surface area contributed by atoms with Crippen molar-refractivity contribution < 1.29 is 19.1 Å². The highest BCUT2D eigenvalue weighted by molar-refractivity contribution is 5.77. The molecule has 29 heavy (non-hydrogen) atoms. The van der Waals surface area contributed by atoms with Gasteiger partial charge in [-0.1, -0.05) is 45.4 Å². The minimum Gasteiger partial charge on any atom is -0.408 e. The Hall–Kier alpha value is -1.10. The first kappa shape index (κ1) is 27.9. The number of ether oxygens (including phenoxy) is 2. The quantitative estimate of drug-likeness (QED) is 0.243. The molecule has 0 aliphatic rings. The van der Waals surface area contributed by atoms with E-state index in [4.69, 9.17) is 9.47 Å². The van der Waals surface area contributed by atoms with Gasteiger partial charge < -0.3 is 9.47 Å². The minimum absolute atomic E-state index is 0.390. The predicted molar refractivity (Wildman–Crippen MR) is 119 cm³/mol. The molecule has 0 radical (unpaired) electrons. The number of hydrogen-bond donors (Lipinski definition) is 1. The van der Waals surface area contributed by atoms with E-state index in [1.807, 2.05) is 20.8 Å². The molecule has 0 atom stereocenters. The molecule has 0 saturated carbocycles. The minimum atomic E-state index is -1.46. The highest BCUT2D eigenvalue weighted by atomic mass is 16.8. The zero-order valence-corrected chi connectivity index (χ0v) is 20.8. The molecule has 0 fully saturated rings. The first-order valence-corrected chi connectivity index (χ1v) is 11.3. The second-order valence-corrected chi connectivity index (χ2v) is 11.3. The summed E-state index contributed by atoms with van der Waals surface area (Å²) in [5.41, 5.74) is -1.80. The second kappa shape index (κ2) is 11.3. The Bertz CT molecular complexity index is 478. The van der Waals surface area contributed by atoms with Crippen LogP contribution in [-0.2, 0) is 19.1 Å². The smallest absolute Gasteiger partial charge is 0.318 e. The van der Waals surface area contributed by atoms with Crippen LogP contribution >= 0.6 is 0 Å². The number of carbonyl (C=O) groups excluding carboxylic acids is 2. The summed E-state index contributed by atoms with van der Waals surface area (Å²) in [6.45, 7) is 18.9. The number of unbranched alkanes of at least 4 members (excludes halogenated alkanes) is 6. The van der Waals surface area contributed by atoms with Gasteiger partial charge in [0.25, 0.3) is 0 Å². The van der Waals surface area contributed by atoms with Crippen LogP contribution in [-0.4, -0.2) is 23.4 Å².